The lowest BCUT2D eigenvalue weighted by atomic mass is 10.2. The van der Waals surface area contributed by atoms with Gasteiger partial charge in [-0.2, -0.15) is 0 Å². The quantitative estimate of drug-likeness (QED) is 0.639. The van der Waals surface area contributed by atoms with E-state index in [1.54, 1.807) is 20.8 Å². The molecule has 0 aliphatic carbocycles. The Bertz CT molecular complexity index is 205. The summed E-state index contributed by atoms with van der Waals surface area (Å²) in [7, 11) is 0. The van der Waals surface area contributed by atoms with E-state index in [4.69, 9.17) is 11.7 Å². The number of nitrogens with one attached hydrogen (secondary N) is 1. The van der Waals surface area contributed by atoms with Gasteiger partial charge in [0.05, 0.1) is 6.92 Å². The lowest BCUT2D eigenvalue weighted by molar-refractivity contribution is -0.157. The third-order valence-electron chi connectivity index (χ3n) is 1.12. The molecular weight excluding hydrogens is 170 g/mol. The first-order chi connectivity index (χ1) is 5.72. The molecule has 4 nitrogen and oxygen atoms in total. The van der Waals surface area contributed by atoms with Gasteiger partial charge in [0.2, 0.25) is 5.91 Å². The van der Waals surface area contributed by atoms with Crippen molar-refractivity contribution < 1.29 is 14.3 Å². The van der Waals surface area contributed by atoms with Crippen molar-refractivity contribution in [2.75, 3.05) is 0 Å². The lowest BCUT2D eigenvalue weighted by Crippen LogP contribution is -2.41. The Morgan fingerprint density at radius 1 is 1.38 bits per heavy atom. The number of hydrogen-bond acceptors (Lipinski definition) is 3. The highest BCUT2D eigenvalue weighted by molar-refractivity contribution is 5.86. The summed E-state index contributed by atoms with van der Waals surface area (Å²) in [4.78, 5) is 21.6. The van der Waals surface area contributed by atoms with Gasteiger partial charge in [0.25, 0.3) is 0 Å². The molecule has 2 radical (unpaired) electrons. The zero-order valence-electron chi connectivity index (χ0n) is 8.38. The lowest BCUT2D eigenvalue weighted by Gasteiger charge is -2.22. The van der Waals surface area contributed by atoms with E-state index in [-0.39, 0.29) is 0 Å². The number of esters is 1. The highest BCUT2D eigenvalue weighted by Crippen LogP contribution is 2.07. The minimum Gasteiger partial charge on any atom is -0.458 e. The van der Waals surface area contributed by atoms with E-state index in [2.05, 4.69) is 5.32 Å². The number of carbonyl (C=O) groups excluding carboxylic acids is 2. The van der Waals surface area contributed by atoms with Gasteiger partial charge in [-0.3, -0.25) is 4.79 Å². The van der Waals surface area contributed by atoms with Gasteiger partial charge in [0, 0.05) is 0 Å². The Kier molecular flexibility index (Phi) is 3.91. The molecule has 0 aromatic carbocycles. The third-order valence-corrected chi connectivity index (χ3v) is 1.12. The van der Waals surface area contributed by atoms with Crippen molar-refractivity contribution in [2.24, 2.45) is 0 Å². The molecule has 0 saturated heterocycles. The summed E-state index contributed by atoms with van der Waals surface area (Å²) in [6.45, 7) is 11.6. The number of rotatable bonds is 2. The number of hydrogen-bond donors (Lipinski definition) is 1. The molecule has 1 amide bonds. The van der Waals surface area contributed by atoms with Gasteiger partial charge in [-0.25, -0.2) is 4.79 Å². The summed E-state index contributed by atoms with van der Waals surface area (Å²) in [5.74, 6) is -1.23. The molecule has 1 atom stereocenters. The Morgan fingerprint density at radius 3 is 2.15 bits per heavy atom. The first-order valence-corrected chi connectivity index (χ1v) is 4.01. The highest BCUT2D eigenvalue weighted by atomic mass is 16.6. The van der Waals surface area contributed by atoms with Crippen LogP contribution in [-0.2, 0) is 14.3 Å². The molecule has 0 aromatic rings. The van der Waals surface area contributed by atoms with Crippen LogP contribution < -0.4 is 5.32 Å². The molecule has 0 aliphatic rings. The second-order valence-electron chi connectivity index (χ2n) is 3.76. The molecule has 4 heteroatoms. The summed E-state index contributed by atoms with van der Waals surface area (Å²) in [6, 6.07) is -0.711. The first kappa shape index (κ1) is 11.9. The molecule has 0 heterocycles. The molecule has 0 bridgehead atoms. The van der Waals surface area contributed by atoms with Gasteiger partial charge in [-0.05, 0) is 27.7 Å². The van der Waals surface area contributed by atoms with Crippen molar-refractivity contribution in [3.8, 4) is 0 Å². The van der Waals surface area contributed by atoms with Gasteiger partial charge >= 0.3 is 5.97 Å². The number of amides is 1. The maximum absolute atomic E-state index is 11.2. The molecule has 0 spiro atoms. The molecule has 1 N–H and O–H groups in total. The van der Waals surface area contributed by atoms with E-state index in [0.717, 1.165) is 0 Å². The van der Waals surface area contributed by atoms with Crippen LogP contribution in [-0.4, -0.2) is 23.5 Å². The van der Waals surface area contributed by atoms with Crippen molar-refractivity contribution in [2.45, 2.75) is 39.3 Å². The van der Waals surface area contributed by atoms with E-state index in [1.807, 2.05) is 0 Å². The maximum Gasteiger partial charge on any atom is 0.328 e. The molecule has 0 aliphatic heterocycles. The summed E-state index contributed by atoms with van der Waals surface area (Å²) >= 11 is 0. The van der Waals surface area contributed by atoms with E-state index in [0.29, 0.717) is 0 Å². The van der Waals surface area contributed by atoms with E-state index in [9.17, 15) is 9.59 Å². The molecule has 0 aromatic heterocycles. The molecule has 0 rings (SSSR count). The summed E-state index contributed by atoms with van der Waals surface area (Å²) in [6.07, 6.45) is 0. The van der Waals surface area contributed by atoms with Crippen LogP contribution in [0.1, 0.15) is 27.7 Å². The molecular formula is C9H15NO3. The van der Waals surface area contributed by atoms with Crippen LogP contribution in [0.2, 0.25) is 0 Å². The molecule has 13 heavy (non-hydrogen) atoms. The highest BCUT2D eigenvalue weighted by Gasteiger charge is 2.21. The van der Waals surface area contributed by atoms with E-state index in [1.165, 1.54) is 6.92 Å². The summed E-state index contributed by atoms with van der Waals surface area (Å²) < 4.78 is 4.99. The fourth-order valence-electron chi connectivity index (χ4n) is 0.662. The molecule has 0 saturated carbocycles. The fraction of sp³-hybridized carbons (Fsp3) is 0.667. The van der Waals surface area contributed by atoms with Gasteiger partial charge in [-0.15, -0.1) is 0 Å². The minimum atomic E-state index is -0.738. The van der Waals surface area contributed by atoms with Crippen molar-refractivity contribution in [1.29, 1.82) is 0 Å². The van der Waals surface area contributed by atoms with Gasteiger partial charge in [0.1, 0.15) is 11.6 Å². The van der Waals surface area contributed by atoms with Crippen LogP contribution in [0, 0.1) is 6.92 Å². The van der Waals surface area contributed by atoms with Crippen LogP contribution in [0.15, 0.2) is 0 Å². The van der Waals surface area contributed by atoms with E-state index < -0.39 is 23.5 Å². The van der Waals surface area contributed by atoms with Crippen LogP contribution >= 0.6 is 0 Å². The summed E-state index contributed by atoms with van der Waals surface area (Å²) in [5, 5.41) is 2.23. The Balaban J connectivity index is 4.05. The predicted molar refractivity (Wildman–Crippen MR) is 47.7 cm³/mol. The van der Waals surface area contributed by atoms with Crippen molar-refractivity contribution in [3.05, 3.63) is 6.92 Å². The first-order valence-electron chi connectivity index (χ1n) is 4.01. The van der Waals surface area contributed by atoms with Gasteiger partial charge < -0.3 is 10.1 Å². The predicted octanol–water partition coefficient (Wildman–Crippen LogP) is 0.544. The SMILES string of the molecule is [CH]C(=O)NC(C)C(=O)OC(C)(C)C. The van der Waals surface area contributed by atoms with Crippen LogP contribution in [0.25, 0.3) is 0 Å². The average Bonchev–Trinajstić information content (AvgIpc) is 1.81. The Labute approximate surface area is 78.6 Å². The van der Waals surface area contributed by atoms with Crippen LogP contribution in [0.4, 0.5) is 0 Å². The molecule has 0 fully saturated rings. The topological polar surface area (TPSA) is 55.4 Å². The monoisotopic (exact) mass is 185 g/mol. The molecule has 74 valence electrons. The zero-order valence-corrected chi connectivity index (χ0v) is 8.38. The Hall–Kier alpha value is -1.06. The van der Waals surface area contributed by atoms with Crippen molar-refractivity contribution >= 4 is 11.9 Å². The van der Waals surface area contributed by atoms with Gasteiger partial charge in [0.15, 0.2) is 0 Å². The number of carbonyl (C=O) groups is 2. The standard InChI is InChI=1S/C9H15NO3/c1-6(10-7(2)11)8(12)13-9(3,4)5/h2,6H,1,3-5H3,(H,10,11). The smallest absolute Gasteiger partial charge is 0.328 e. The minimum absolute atomic E-state index is 0.494. The maximum atomic E-state index is 11.2. The third kappa shape index (κ3) is 6.13. The van der Waals surface area contributed by atoms with Crippen LogP contribution in [0.5, 0.6) is 0 Å². The average molecular weight is 185 g/mol. The normalized spacial score (nSPS) is 13.3. The second kappa shape index (κ2) is 4.25. The molecule has 1 unspecified atom stereocenters. The van der Waals surface area contributed by atoms with Gasteiger partial charge in [-0.1, -0.05) is 0 Å². The zero-order chi connectivity index (χ0) is 10.6. The number of ether oxygens (including phenoxy) is 1. The van der Waals surface area contributed by atoms with Crippen molar-refractivity contribution in [1.82, 2.24) is 5.32 Å². The van der Waals surface area contributed by atoms with Crippen molar-refractivity contribution in [3.63, 3.8) is 0 Å². The fourth-order valence-corrected chi connectivity index (χ4v) is 0.662. The second-order valence-corrected chi connectivity index (χ2v) is 3.76. The van der Waals surface area contributed by atoms with E-state index >= 15 is 0 Å². The largest absolute Gasteiger partial charge is 0.458 e. The van der Waals surface area contributed by atoms with Crippen LogP contribution in [0.3, 0.4) is 0 Å². The summed E-state index contributed by atoms with van der Waals surface area (Å²) in [5.41, 5.74) is -0.551. The Morgan fingerprint density at radius 2 is 1.85 bits per heavy atom.